The summed E-state index contributed by atoms with van der Waals surface area (Å²) in [5.74, 6) is 1.49. The van der Waals surface area contributed by atoms with Gasteiger partial charge in [-0.05, 0) is 55.5 Å². The van der Waals surface area contributed by atoms with E-state index in [1.807, 2.05) is 30.5 Å². The van der Waals surface area contributed by atoms with E-state index in [1.165, 1.54) is 0 Å². The van der Waals surface area contributed by atoms with Crippen molar-refractivity contribution in [2.24, 2.45) is 5.92 Å². The van der Waals surface area contributed by atoms with Crippen LogP contribution in [0.15, 0.2) is 55.2 Å². The third kappa shape index (κ3) is 3.75. The molecular formula is C23H23N5O. The maximum atomic E-state index is 12.7. The molecule has 6 nitrogen and oxygen atoms in total. The van der Waals surface area contributed by atoms with Crippen molar-refractivity contribution in [1.82, 2.24) is 24.8 Å². The minimum atomic E-state index is 0.207. The maximum absolute atomic E-state index is 12.7. The van der Waals surface area contributed by atoms with Crippen molar-refractivity contribution in [1.29, 1.82) is 0 Å². The van der Waals surface area contributed by atoms with E-state index in [0.717, 1.165) is 61.2 Å². The van der Waals surface area contributed by atoms with E-state index in [4.69, 9.17) is 4.98 Å². The first-order valence-corrected chi connectivity index (χ1v) is 10.3. The average Bonchev–Trinajstić information content (AvgIpc) is 3.65. The summed E-state index contributed by atoms with van der Waals surface area (Å²) in [6.07, 6.45) is 13.1. The number of hydrogen-bond acceptors (Lipinski definition) is 5. The van der Waals surface area contributed by atoms with Crippen LogP contribution in [-0.2, 0) is 4.79 Å². The molecule has 1 unspecified atom stereocenters. The molecule has 0 spiro atoms. The number of rotatable bonds is 4. The second-order valence-electron chi connectivity index (χ2n) is 7.86. The molecule has 2 aliphatic rings. The molecule has 4 heterocycles. The predicted molar refractivity (Wildman–Crippen MR) is 110 cm³/mol. The van der Waals surface area contributed by atoms with Gasteiger partial charge in [0.15, 0.2) is 5.82 Å². The van der Waals surface area contributed by atoms with E-state index in [0.29, 0.717) is 11.7 Å². The van der Waals surface area contributed by atoms with Gasteiger partial charge in [-0.1, -0.05) is 0 Å². The van der Waals surface area contributed by atoms with Gasteiger partial charge in [-0.15, -0.1) is 0 Å². The molecule has 2 fully saturated rings. The van der Waals surface area contributed by atoms with Crippen molar-refractivity contribution in [2.45, 2.75) is 31.6 Å². The highest BCUT2D eigenvalue weighted by molar-refractivity contribution is 5.81. The van der Waals surface area contributed by atoms with Crippen molar-refractivity contribution in [3.8, 4) is 22.5 Å². The highest BCUT2D eigenvalue weighted by Crippen LogP contribution is 2.37. The predicted octanol–water partition coefficient (Wildman–Crippen LogP) is 3.72. The fourth-order valence-electron chi connectivity index (χ4n) is 4.09. The molecule has 0 bridgehead atoms. The summed E-state index contributed by atoms with van der Waals surface area (Å²) in [5.41, 5.74) is 4.05. The lowest BCUT2D eigenvalue weighted by Crippen LogP contribution is -2.40. The second kappa shape index (κ2) is 7.70. The highest BCUT2D eigenvalue weighted by atomic mass is 16.2. The van der Waals surface area contributed by atoms with Crippen molar-refractivity contribution in [2.75, 3.05) is 13.1 Å². The Bertz CT molecular complexity index is 1000. The number of amides is 1. The molecule has 0 N–H and O–H groups in total. The molecule has 1 aliphatic carbocycles. The van der Waals surface area contributed by atoms with Crippen LogP contribution in [0.1, 0.15) is 37.3 Å². The Kier molecular flexibility index (Phi) is 4.76. The third-order valence-electron chi connectivity index (χ3n) is 5.79. The Labute approximate surface area is 170 Å². The summed E-state index contributed by atoms with van der Waals surface area (Å²) in [7, 11) is 0. The van der Waals surface area contributed by atoms with E-state index in [2.05, 4.69) is 19.9 Å². The fourth-order valence-corrected chi connectivity index (χ4v) is 4.09. The lowest BCUT2D eigenvalue weighted by atomic mass is 9.89. The van der Waals surface area contributed by atoms with Crippen LogP contribution in [0, 0.1) is 5.92 Å². The summed E-state index contributed by atoms with van der Waals surface area (Å²) < 4.78 is 0. The van der Waals surface area contributed by atoms with Gasteiger partial charge in [0, 0.05) is 67.0 Å². The van der Waals surface area contributed by atoms with Crippen LogP contribution in [0.2, 0.25) is 0 Å². The second-order valence-corrected chi connectivity index (χ2v) is 7.86. The number of aromatic nitrogens is 4. The summed E-state index contributed by atoms with van der Waals surface area (Å²) in [5, 5.41) is 0. The van der Waals surface area contributed by atoms with Gasteiger partial charge in [-0.3, -0.25) is 14.8 Å². The maximum Gasteiger partial charge on any atom is 0.225 e. The quantitative estimate of drug-likeness (QED) is 0.684. The van der Waals surface area contributed by atoms with E-state index in [-0.39, 0.29) is 11.8 Å². The number of carbonyl (C=O) groups is 1. The molecular weight excluding hydrogens is 362 g/mol. The van der Waals surface area contributed by atoms with Gasteiger partial charge in [0.25, 0.3) is 0 Å². The van der Waals surface area contributed by atoms with Gasteiger partial charge in [0.2, 0.25) is 5.91 Å². The third-order valence-corrected chi connectivity index (χ3v) is 5.79. The largest absolute Gasteiger partial charge is 0.342 e. The van der Waals surface area contributed by atoms with Gasteiger partial charge >= 0.3 is 0 Å². The summed E-state index contributed by atoms with van der Waals surface area (Å²) in [6.45, 7) is 1.60. The summed E-state index contributed by atoms with van der Waals surface area (Å²) >= 11 is 0. The molecule has 5 rings (SSSR count). The zero-order valence-electron chi connectivity index (χ0n) is 16.2. The zero-order chi connectivity index (χ0) is 19.6. The molecule has 1 amide bonds. The molecule has 1 aliphatic heterocycles. The van der Waals surface area contributed by atoms with E-state index in [1.54, 1.807) is 24.8 Å². The molecule has 1 saturated carbocycles. The molecule has 0 aromatic carbocycles. The standard InChI is InChI=1S/C23H23N5O/c29-23(18-3-4-18)28-13-1-2-19(15-28)21-20(16-5-9-24-10-6-16)14-26-22(27-21)17-7-11-25-12-8-17/h5-12,14,18-19H,1-4,13,15H2. The van der Waals surface area contributed by atoms with E-state index < -0.39 is 0 Å². The number of carbonyl (C=O) groups excluding carboxylic acids is 1. The van der Waals surface area contributed by atoms with Crippen LogP contribution in [0.3, 0.4) is 0 Å². The van der Waals surface area contributed by atoms with Crippen LogP contribution < -0.4 is 0 Å². The number of pyridine rings is 2. The minimum Gasteiger partial charge on any atom is -0.342 e. The lowest BCUT2D eigenvalue weighted by Gasteiger charge is -2.33. The molecule has 146 valence electrons. The van der Waals surface area contributed by atoms with Crippen LogP contribution in [-0.4, -0.2) is 43.8 Å². The Morgan fingerprint density at radius 1 is 0.931 bits per heavy atom. The topological polar surface area (TPSA) is 71.9 Å². The Morgan fingerprint density at radius 2 is 1.62 bits per heavy atom. The number of hydrogen-bond donors (Lipinski definition) is 0. The van der Waals surface area contributed by atoms with Crippen LogP contribution >= 0.6 is 0 Å². The van der Waals surface area contributed by atoms with E-state index >= 15 is 0 Å². The van der Waals surface area contributed by atoms with Crippen molar-refractivity contribution >= 4 is 5.91 Å². The molecule has 0 radical (unpaired) electrons. The van der Waals surface area contributed by atoms with Crippen LogP contribution in [0.5, 0.6) is 0 Å². The molecule has 3 aromatic rings. The smallest absolute Gasteiger partial charge is 0.225 e. The minimum absolute atomic E-state index is 0.207. The Morgan fingerprint density at radius 3 is 2.31 bits per heavy atom. The first kappa shape index (κ1) is 17.9. The molecule has 1 saturated heterocycles. The molecule has 6 heteroatoms. The average molecular weight is 385 g/mol. The van der Waals surface area contributed by atoms with Gasteiger partial charge < -0.3 is 4.90 Å². The molecule has 1 atom stereocenters. The Balaban J connectivity index is 1.54. The summed E-state index contributed by atoms with van der Waals surface area (Å²) in [4.78, 5) is 32.6. The van der Waals surface area contributed by atoms with Crippen molar-refractivity contribution in [3.63, 3.8) is 0 Å². The zero-order valence-corrected chi connectivity index (χ0v) is 16.2. The monoisotopic (exact) mass is 385 g/mol. The summed E-state index contributed by atoms with van der Waals surface area (Å²) in [6, 6.07) is 7.83. The Hall–Kier alpha value is -3.15. The van der Waals surface area contributed by atoms with Gasteiger partial charge in [-0.25, -0.2) is 9.97 Å². The van der Waals surface area contributed by atoms with Gasteiger partial charge in [0.1, 0.15) is 0 Å². The number of piperidine rings is 1. The number of likely N-dealkylation sites (tertiary alicyclic amines) is 1. The lowest BCUT2D eigenvalue weighted by molar-refractivity contribution is -0.133. The first-order chi connectivity index (χ1) is 14.3. The molecule has 29 heavy (non-hydrogen) atoms. The van der Waals surface area contributed by atoms with Crippen molar-refractivity contribution < 1.29 is 4.79 Å². The SMILES string of the molecule is O=C(C1CC1)N1CCCC(c2nc(-c3ccncc3)ncc2-c2ccncc2)C1. The fraction of sp³-hybridized carbons (Fsp3) is 0.348. The normalized spacial score (nSPS) is 19.2. The van der Waals surface area contributed by atoms with E-state index in [9.17, 15) is 4.79 Å². The highest BCUT2D eigenvalue weighted by Gasteiger charge is 2.36. The number of nitrogens with zero attached hydrogens (tertiary/aromatic N) is 5. The van der Waals surface area contributed by atoms with Gasteiger partial charge in [0.05, 0.1) is 5.69 Å². The molecule has 3 aromatic heterocycles. The first-order valence-electron chi connectivity index (χ1n) is 10.3. The van der Waals surface area contributed by atoms with Crippen LogP contribution in [0.4, 0.5) is 0 Å². The van der Waals surface area contributed by atoms with Crippen LogP contribution in [0.25, 0.3) is 22.5 Å². The van der Waals surface area contributed by atoms with Crippen molar-refractivity contribution in [3.05, 3.63) is 60.9 Å². The van der Waals surface area contributed by atoms with Gasteiger partial charge in [-0.2, -0.15) is 0 Å².